The van der Waals surface area contributed by atoms with Gasteiger partial charge in [0.25, 0.3) is 0 Å². The molecule has 0 radical (unpaired) electrons. The summed E-state index contributed by atoms with van der Waals surface area (Å²) in [5.74, 6) is 1.12. The minimum absolute atomic E-state index is 0.00300. The van der Waals surface area contributed by atoms with E-state index in [0.29, 0.717) is 12.1 Å². The van der Waals surface area contributed by atoms with E-state index in [1.54, 1.807) is 4.90 Å². The van der Waals surface area contributed by atoms with Gasteiger partial charge in [-0.05, 0) is 97.6 Å². The van der Waals surface area contributed by atoms with Crippen LogP contribution in [0.2, 0.25) is 0 Å². The van der Waals surface area contributed by atoms with Gasteiger partial charge in [-0.2, -0.15) is 0 Å². The second-order valence-corrected chi connectivity index (χ2v) is 17.8. The maximum atomic E-state index is 6.89. The third-order valence-corrected chi connectivity index (χ3v) is 9.33. The lowest BCUT2D eigenvalue weighted by Crippen LogP contribution is -3.22. The normalized spacial score (nSPS) is 21.4. The lowest BCUT2D eigenvalue weighted by Gasteiger charge is -2.54. The summed E-state index contributed by atoms with van der Waals surface area (Å²) in [6.45, 7) is 36.2. The standard InChI is InChI=1S/C35H65N2O/c1-31(2,3)26-22-25(30(38-35(13,14)15)27(23-26)32(4,5)6)24-36(33(7,8)9)28-20-18-19-21-29(28)37(16,17)34(10,11)12/h22-23,28-29H,18-21,24H2,1-17H3/q+1/p+1. The summed E-state index contributed by atoms with van der Waals surface area (Å²) in [6.07, 6.45) is 5.30. The number of likely N-dealkylation sites (N-methyl/N-ethyl adjacent to an activating group) is 1. The molecule has 3 heteroatoms. The van der Waals surface area contributed by atoms with Crippen molar-refractivity contribution in [1.29, 1.82) is 0 Å². The van der Waals surface area contributed by atoms with Crippen molar-refractivity contribution in [2.24, 2.45) is 0 Å². The first kappa shape index (κ1) is 33.1. The zero-order valence-electron chi connectivity index (χ0n) is 28.7. The quantitative estimate of drug-likeness (QED) is 0.383. The summed E-state index contributed by atoms with van der Waals surface area (Å²) in [5, 5.41) is 0. The molecule has 3 atom stereocenters. The molecule has 1 aliphatic rings. The molecule has 0 aliphatic heterocycles. The first-order chi connectivity index (χ1) is 16.8. The lowest BCUT2D eigenvalue weighted by molar-refractivity contribution is -1.04. The Bertz CT molecular complexity index is 939. The Labute approximate surface area is 238 Å². The molecule has 0 heterocycles. The Morgan fingerprint density at radius 2 is 1.29 bits per heavy atom. The van der Waals surface area contributed by atoms with Crippen LogP contribution in [-0.4, -0.2) is 47.3 Å². The van der Waals surface area contributed by atoms with Crippen molar-refractivity contribution in [3.63, 3.8) is 0 Å². The summed E-state index contributed by atoms with van der Waals surface area (Å²) in [5.41, 5.74) is 4.29. The number of rotatable bonds is 5. The van der Waals surface area contributed by atoms with Crippen LogP contribution in [0.25, 0.3) is 0 Å². The van der Waals surface area contributed by atoms with E-state index < -0.39 is 0 Å². The van der Waals surface area contributed by atoms with E-state index in [1.807, 2.05) is 0 Å². The number of hydrogen-bond donors (Lipinski definition) is 1. The highest BCUT2D eigenvalue weighted by molar-refractivity contribution is 5.49. The van der Waals surface area contributed by atoms with Crippen molar-refractivity contribution in [1.82, 2.24) is 0 Å². The van der Waals surface area contributed by atoms with Crippen LogP contribution in [0, 0.1) is 0 Å². The molecule has 1 N–H and O–H groups in total. The number of nitrogens with zero attached hydrogens (tertiary/aromatic N) is 1. The van der Waals surface area contributed by atoms with Gasteiger partial charge in [0, 0.05) is 24.0 Å². The van der Waals surface area contributed by atoms with Crippen LogP contribution in [0.15, 0.2) is 12.1 Å². The van der Waals surface area contributed by atoms with Gasteiger partial charge in [0.05, 0.1) is 25.2 Å². The zero-order chi connectivity index (χ0) is 29.7. The van der Waals surface area contributed by atoms with E-state index in [0.717, 1.165) is 16.8 Å². The molecule has 3 unspecified atom stereocenters. The van der Waals surface area contributed by atoms with E-state index in [1.165, 1.54) is 42.4 Å². The molecule has 1 aliphatic carbocycles. The molecule has 1 fully saturated rings. The molecular formula is C35H66N2O+2. The van der Waals surface area contributed by atoms with Gasteiger partial charge < -0.3 is 14.1 Å². The monoisotopic (exact) mass is 531 g/mol. The molecule has 1 aromatic carbocycles. The third kappa shape index (κ3) is 7.78. The number of quaternary nitrogens is 2. The highest BCUT2D eigenvalue weighted by Crippen LogP contribution is 2.40. The Morgan fingerprint density at radius 1 is 0.763 bits per heavy atom. The van der Waals surface area contributed by atoms with Crippen LogP contribution < -0.4 is 9.64 Å². The number of ether oxygens (including phenoxy) is 1. The van der Waals surface area contributed by atoms with Gasteiger partial charge in [-0.3, -0.25) is 0 Å². The van der Waals surface area contributed by atoms with E-state index in [-0.39, 0.29) is 27.5 Å². The second-order valence-electron chi connectivity index (χ2n) is 17.8. The molecular weight excluding hydrogens is 464 g/mol. The fourth-order valence-corrected chi connectivity index (χ4v) is 6.18. The van der Waals surface area contributed by atoms with E-state index in [9.17, 15) is 0 Å². The van der Waals surface area contributed by atoms with Crippen molar-refractivity contribution in [2.75, 3.05) is 14.1 Å². The Balaban J connectivity index is 2.80. The molecule has 0 amide bonds. The second kappa shape index (κ2) is 10.7. The largest absolute Gasteiger partial charge is 0.487 e. The van der Waals surface area contributed by atoms with Crippen LogP contribution in [0.5, 0.6) is 5.75 Å². The molecule has 0 aromatic heterocycles. The Kier molecular flexibility index (Phi) is 9.36. The van der Waals surface area contributed by atoms with Crippen molar-refractivity contribution >= 4 is 0 Å². The lowest BCUT2D eigenvalue weighted by atomic mass is 9.78. The molecule has 0 spiro atoms. The van der Waals surface area contributed by atoms with E-state index >= 15 is 0 Å². The first-order valence-corrected chi connectivity index (χ1v) is 15.3. The Morgan fingerprint density at radius 3 is 1.71 bits per heavy atom. The summed E-state index contributed by atoms with van der Waals surface area (Å²) in [7, 11) is 4.96. The van der Waals surface area contributed by atoms with Crippen LogP contribution in [0.1, 0.15) is 146 Å². The first-order valence-electron chi connectivity index (χ1n) is 15.3. The molecule has 2 rings (SSSR count). The number of hydrogen-bond acceptors (Lipinski definition) is 1. The third-order valence-electron chi connectivity index (χ3n) is 9.33. The van der Waals surface area contributed by atoms with Crippen molar-refractivity contribution in [3.8, 4) is 5.75 Å². The molecule has 38 heavy (non-hydrogen) atoms. The van der Waals surface area contributed by atoms with E-state index in [2.05, 4.69) is 130 Å². The molecule has 0 saturated heterocycles. The van der Waals surface area contributed by atoms with Gasteiger partial charge >= 0.3 is 0 Å². The predicted octanol–water partition coefficient (Wildman–Crippen LogP) is 7.83. The minimum atomic E-state index is -0.252. The van der Waals surface area contributed by atoms with E-state index in [4.69, 9.17) is 4.74 Å². The van der Waals surface area contributed by atoms with Crippen molar-refractivity contribution < 1.29 is 14.1 Å². The summed E-state index contributed by atoms with van der Waals surface area (Å²) in [6, 6.07) is 6.17. The van der Waals surface area contributed by atoms with Gasteiger partial charge in [0.1, 0.15) is 30.0 Å². The van der Waals surface area contributed by atoms with Gasteiger partial charge in [-0.25, -0.2) is 0 Å². The van der Waals surface area contributed by atoms with Crippen molar-refractivity contribution in [2.45, 2.75) is 176 Å². The minimum Gasteiger partial charge on any atom is -0.487 e. The fourth-order valence-electron chi connectivity index (χ4n) is 6.18. The molecule has 3 nitrogen and oxygen atoms in total. The molecule has 220 valence electrons. The average molecular weight is 531 g/mol. The van der Waals surface area contributed by atoms with Gasteiger partial charge in [0.15, 0.2) is 0 Å². The number of nitrogens with one attached hydrogen (secondary N) is 1. The maximum absolute atomic E-state index is 6.89. The smallest absolute Gasteiger partial charge is 0.141 e. The van der Waals surface area contributed by atoms with Crippen LogP contribution >= 0.6 is 0 Å². The Hall–Kier alpha value is -1.06. The SMILES string of the molecule is CC(C)(C)Oc1c(C[NH+](C2CCCCC2[N+](C)(C)C(C)(C)C)C(C)(C)C)cc(C(C)(C)C)cc1C(C)(C)C. The molecule has 1 aromatic rings. The topological polar surface area (TPSA) is 13.7 Å². The van der Waals surface area contributed by atoms with Gasteiger partial charge in [0.2, 0.25) is 0 Å². The predicted molar refractivity (Wildman–Crippen MR) is 167 cm³/mol. The fraction of sp³-hybridized carbons (Fsp3) is 0.829. The van der Waals surface area contributed by atoms with Crippen LogP contribution in [0.3, 0.4) is 0 Å². The van der Waals surface area contributed by atoms with Crippen molar-refractivity contribution in [3.05, 3.63) is 28.8 Å². The summed E-state index contributed by atoms with van der Waals surface area (Å²) < 4.78 is 7.96. The highest BCUT2D eigenvalue weighted by atomic mass is 16.5. The van der Waals surface area contributed by atoms with Gasteiger partial charge in [-0.15, -0.1) is 0 Å². The summed E-state index contributed by atoms with van der Waals surface area (Å²) in [4.78, 5) is 1.71. The van der Waals surface area contributed by atoms with Crippen LogP contribution in [-0.2, 0) is 17.4 Å². The summed E-state index contributed by atoms with van der Waals surface area (Å²) >= 11 is 0. The number of benzene rings is 1. The average Bonchev–Trinajstić information content (AvgIpc) is 2.68. The molecule has 1 saturated carbocycles. The van der Waals surface area contributed by atoms with Gasteiger partial charge in [-0.1, -0.05) is 47.6 Å². The highest BCUT2D eigenvalue weighted by Gasteiger charge is 2.50. The zero-order valence-corrected chi connectivity index (χ0v) is 28.7. The maximum Gasteiger partial charge on any atom is 0.141 e. The molecule has 0 bridgehead atoms. The van der Waals surface area contributed by atoms with Crippen LogP contribution in [0.4, 0.5) is 0 Å².